The molecule has 3 heteroatoms. The molecule has 0 amide bonds. The van der Waals surface area contributed by atoms with Gasteiger partial charge >= 0.3 is 6.18 Å². The Balaban J connectivity index is 3.25. The Morgan fingerprint density at radius 3 is 2.38 bits per heavy atom. The molecule has 0 N–H and O–H groups in total. The third kappa shape index (κ3) is 1.95. The molecule has 1 aliphatic carbocycles. The number of allylic oxidation sites excluding steroid dienone is 4. The van der Waals surface area contributed by atoms with E-state index in [1.165, 1.54) is 13.0 Å². The zero-order valence-corrected chi connectivity index (χ0v) is 7.42. The van der Waals surface area contributed by atoms with E-state index in [-0.39, 0.29) is 11.1 Å². The highest BCUT2D eigenvalue weighted by Gasteiger charge is 2.37. The molecule has 13 heavy (non-hydrogen) atoms. The van der Waals surface area contributed by atoms with Crippen LogP contribution in [0.15, 0.2) is 34.3 Å². The molecule has 0 aliphatic heterocycles. The molecule has 0 saturated heterocycles. The molecular formula is C10H9F3. The molecule has 0 radical (unpaired) electrons. The summed E-state index contributed by atoms with van der Waals surface area (Å²) in [4.78, 5) is 0. The molecule has 70 valence electrons. The highest BCUT2D eigenvalue weighted by atomic mass is 19.4. The van der Waals surface area contributed by atoms with Crippen LogP contribution in [-0.2, 0) is 0 Å². The Morgan fingerprint density at radius 1 is 1.38 bits per heavy atom. The van der Waals surface area contributed by atoms with Crippen LogP contribution in [-0.4, -0.2) is 6.18 Å². The van der Waals surface area contributed by atoms with Crippen molar-refractivity contribution in [3.8, 4) is 0 Å². The van der Waals surface area contributed by atoms with Gasteiger partial charge in [-0.05, 0) is 25.0 Å². The van der Waals surface area contributed by atoms with Gasteiger partial charge in [-0.1, -0.05) is 18.4 Å². The average Bonchev–Trinajstić information content (AvgIpc) is 2.01. The lowest BCUT2D eigenvalue weighted by Crippen LogP contribution is -2.15. The van der Waals surface area contributed by atoms with E-state index in [0.29, 0.717) is 6.42 Å². The van der Waals surface area contributed by atoms with Gasteiger partial charge < -0.3 is 0 Å². The van der Waals surface area contributed by atoms with Gasteiger partial charge in [-0.15, -0.1) is 0 Å². The molecule has 0 spiro atoms. The summed E-state index contributed by atoms with van der Waals surface area (Å²) in [6, 6.07) is 0. The van der Waals surface area contributed by atoms with Gasteiger partial charge in [0.1, 0.15) is 0 Å². The van der Waals surface area contributed by atoms with Crippen LogP contribution in [0.3, 0.4) is 0 Å². The Hall–Kier alpha value is -1.17. The van der Waals surface area contributed by atoms with Crippen molar-refractivity contribution in [1.29, 1.82) is 0 Å². The van der Waals surface area contributed by atoms with Crippen molar-refractivity contribution in [1.82, 2.24) is 0 Å². The summed E-state index contributed by atoms with van der Waals surface area (Å²) in [6.07, 6.45) is -2.64. The summed E-state index contributed by atoms with van der Waals surface area (Å²) >= 11 is 0. The molecule has 1 aliphatic rings. The lowest BCUT2D eigenvalue weighted by molar-refractivity contribution is -0.0901. The van der Waals surface area contributed by atoms with Gasteiger partial charge in [0.15, 0.2) is 0 Å². The maximum Gasteiger partial charge on any atom is 0.417 e. The van der Waals surface area contributed by atoms with Crippen molar-refractivity contribution in [2.45, 2.75) is 26.4 Å². The van der Waals surface area contributed by atoms with Gasteiger partial charge in [-0.25, -0.2) is 0 Å². The second-order valence-electron chi connectivity index (χ2n) is 2.80. The smallest absolute Gasteiger partial charge is 0.166 e. The molecule has 0 bridgehead atoms. The third-order valence-electron chi connectivity index (χ3n) is 1.84. The van der Waals surface area contributed by atoms with Gasteiger partial charge in [0.05, 0.1) is 5.57 Å². The number of alkyl halides is 3. The van der Waals surface area contributed by atoms with Gasteiger partial charge in [0.25, 0.3) is 0 Å². The number of hydrogen-bond donors (Lipinski definition) is 0. The molecule has 0 aromatic carbocycles. The summed E-state index contributed by atoms with van der Waals surface area (Å²) in [5, 5.41) is 0. The van der Waals surface area contributed by atoms with Crippen LogP contribution >= 0.6 is 0 Å². The zero-order chi connectivity index (χ0) is 10.1. The monoisotopic (exact) mass is 186 g/mol. The van der Waals surface area contributed by atoms with Crippen LogP contribution in [0, 0.1) is 0 Å². The van der Waals surface area contributed by atoms with Crippen molar-refractivity contribution >= 4 is 0 Å². The molecule has 0 unspecified atom stereocenters. The maximum atomic E-state index is 12.5. The lowest BCUT2D eigenvalue weighted by atomic mass is 9.96. The van der Waals surface area contributed by atoms with Gasteiger partial charge in [0, 0.05) is 5.57 Å². The summed E-state index contributed by atoms with van der Waals surface area (Å²) in [6.45, 7) is 3.11. The Labute approximate surface area is 74.8 Å². The minimum absolute atomic E-state index is 0.188. The molecular weight excluding hydrogens is 177 g/mol. The van der Waals surface area contributed by atoms with E-state index in [0.717, 1.165) is 0 Å². The minimum atomic E-state index is -4.28. The highest BCUT2D eigenvalue weighted by molar-refractivity contribution is 5.44. The predicted octanol–water partition coefficient (Wildman–Crippen LogP) is 3.53. The first-order chi connectivity index (χ1) is 5.96. The van der Waals surface area contributed by atoms with Crippen LogP contribution in [0.1, 0.15) is 20.3 Å². The van der Waals surface area contributed by atoms with Crippen LogP contribution in [0.4, 0.5) is 13.2 Å². The van der Waals surface area contributed by atoms with Crippen LogP contribution in [0.5, 0.6) is 0 Å². The number of hydrogen-bond acceptors (Lipinski definition) is 0. The van der Waals surface area contributed by atoms with E-state index < -0.39 is 11.7 Å². The lowest BCUT2D eigenvalue weighted by Gasteiger charge is -2.15. The SMILES string of the molecule is CCC1=C=C=CC(C)=C1C(F)(F)F. The molecule has 0 aromatic heterocycles. The molecule has 0 atom stereocenters. The quantitative estimate of drug-likeness (QED) is 0.549. The van der Waals surface area contributed by atoms with Crippen LogP contribution < -0.4 is 0 Å². The molecule has 0 nitrogen and oxygen atoms in total. The highest BCUT2D eigenvalue weighted by Crippen LogP contribution is 2.35. The Bertz CT molecular complexity index is 343. The molecule has 0 aromatic rings. The first-order valence-corrected chi connectivity index (χ1v) is 3.95. The van der Waals surface area contributed by atoms with Gasteiger partial charge in [-0.2, -0.15) is 13.2 Å². The Morgan fingerprint density at radius 2 is 2.00 bits per heavy atom. The summed E-state index contributed by atoms with van der Waals surface area (Å²) in [5.41, 5.74) is 4.89. The Kier molecular flexibility index (Phi) is 2.51. The van der Waals surface area contributed by atoms with Crippen molar-refractivity contribution < 1.29 is 13.2 Å². The second kappa shape index (κ2) is 3.29. The summed E-state index contributed by atoms with van der Waals surface area (Å²) in [7, 11) is 0. The summed E-state index contributed by atoms with van der Waals surface area (Å²) in [5.74, 6) is 0. The first kappa shape index (κ1) is 9.91. The largest absolute Gasteiger partial charge is 0.417 e. The second-order valence-corrected chi connectivity index (χ2v) is 2.80. The van der Waals surface area contributed by atoms with E-state index in [9.17, 15) is 13.2 Å². The van der Waals surface area contributed by atoms with E-state index in [1.807, 2.05) is 0 Å². The van der Waals surface area contributed by atoms with E-state index in [2.05, 4.69) is 11.5 Å². The topological polar surface area (TPSA) is 0 Å². The van der Waals surface area contributed by atoms with Crippen LogP contribution in [0.25, 0.3) is 0 Å². The number of rotatable bonds is 1. The van der Waals surface area contributed by atoms with Gasteiger partial charge in [-0.3, -0.25) is 0 Å². The fourth-order valence-electron chi connectivity index (χ4n) is 1.26. The number of halogens is 3. The predicted molar refractivity (Wildman–Crippen MR) is 44.2 cm³/mol. The van der Waals surface area contributed by atoms with Crippen molar-refractivity contribution in [3.05, 3.63) is 34.3 Å². The fraction of sp³-hybridized carbons (Fsp3) is 0.400. The summed E-state index contributed by atoms with van der Waals surface area (Å²) < 4.78 is 37.4. The van der Waals surface area contributed by atoms with Crippen molar-refractivity contribution in [2.75, 3.05) is 0 Å². The molecule has 0 fully saturated rings. The standard InChI is InChI=1S/C10H9F3/c1-3-8-6-4-5-7(2)9(8)10(11,12)13/h5H,3H2,1-2H3. The van der Waals surface area contributed by atoms with E-state index >= 15 is 0 Å². The normalized spacial score (nSPS) is 16.5. The zero-order valence-electron chi connectivity index (χ0n) is 7.42. The van der Waals surface area contributed by atoms with E-state index in [4.69, 9.17) is 0 Å². The average molecular weight is 186 g/mol. The van der Waals surface area contributed by atoms with Crippen molar-refractivity contribution in [3.63, 3.8) is 0 Å². The molecule has 0 heterocycles. The van der Waals surface area contributed by atoms with Gasteiger partial charge in [0.2, 0.25) is 0 Å². The maximum absolute atomic E-state index is 12.5. The fourth-order valence-corrected chi connectivity index (χ4v) is 1.26. The minimum Gasteiger partial charge on any atom is -0.166 e. The first-order valence-electron chi connectivity index (χ1n) is 3.95. The van der Waals surface area contributed by atoms with Crippen LogP contribution in [0.2, 0.25) is 0 Å². The van der Waals surface area contributed by atoms with Crippen molar-refractivity contribution in [2.24, 2.45) is 0 Å². The van der Waals surface area contributed by atoms with E-state index in [1.54, 1.807) is 6.92 Å². The molecule has 1 rings (SSSR count). The molecule has 0 saturated carbocycles. The third-order valence-corrected chi connectivity index (χ3v) is 1.84.